The number of pyridine rings is 1. The number of fused-ring (bicyclic) bond motifs is 1. The largest absolute Gasteiger partial charge is 0.490 e. The second kappa shape index (κ2) is 12.3. The summed E-state index contributed by atoms with van der Waals surface area (Å²) in [7, 11) is 1.80. The summed E-state index contributed by atoms with van der Waals surface area (Å²) in [6.07, 6.45) is -5.84. The number of hydrogen-bond donors (Lipinski definition) is 3. The summed E-state index contributed by atoms with van der Waals surface area (Å²) in [6.45, 7) is 0.643. The number of halogens is 6. The Morgan fingerprint density at radius 2 is 1.40 bits per heavy atom. The summed E-state index contributed by atoms with van der Waals surface area (Å²) in [5, 5.41) is 22.1. The first kappa shape index (κ1) is 28.9. The molecule has 3 aromatic rings. The molecule has 1 aromatic carbocycles. The van der Waals surface area contributed by atoms with E-state index >= 15 is 0 Å². The van der Waals surface area contributed by atoms with Crippen molar-refractivity contribution in [2.75, 3.05) is 13.6 Å². The van der Waals surface area contributed by atoms with Gasteiger partial charge in [0.1, 0.15) is 0 Å². The average Bonchev–Trinajstić information content (AvgIpc) is 3.21. The van der Waals surface area contributed by atoms with Crippen LogP contribution in [0, 0.1) is 0 Å². The molecule has 0 saturated carbocycles. The summed E-state index contributed by atoms with van der Waals surface area (Å²) >= 11 is 0. The summed E-state index contributed by atoms with van der Waals surface area (Å²) < 4.78 is 63.5. The number of carboxylic acids is 2. The van der Waals surface area contributed by atoms with E-state index < -0.39 is 24.3 Å². The predicted octanol–water partition coefficient (Wildman–Crippen LogP) is 3.54. The molecule has 190 valence electrons. The highest BCUT2D eigenvalue weighted by molar-refractivity contribution is 6.04. The maximum absolute atomic E-state index is 12.5. The number of benzene rings is 1. The fraction of sp³-hybridized carbons (Fsp3) is 0.250. The molecule has 0 saturated heterocycles. The number of rotatable bonds is 4. The molecule has 0 aliphatic rings. The molecule has 15 heteroatoms. The maximum atomic E-state index is 12.5. The van der Waals surface area contributed by atoms with Gasteiger partial charge in [-0.3, -0.25) is 14.9 Å². The second-order valence-electron chi connectivity index (χ2n) is 6.56. The first-order chi connectivity index (χ1) is 16.1. The number of aromatic amines is 1. The topological polar surface area (TPSA) is 136 Å². The number of alkyl halides is 6. The van der Waals surface area contributed by atoms with Crippen LogP contribution in [0.5, 0.6) is 0 Å². The average molecular weight is 508 g/mol. The Morgan fingerprint density at radius 3 is 1.89 bits per heavy atom. The van der Waals surface area contributed by atoms with Crippen molar-refractivity contribution >= 4 is 28.7 Å². The molecule has 0 aliphatic carbocycles. The third kappa shape index (κ3) is 9.69. The lowest BCUT2D eigenvalue weighted by molar-refractivity contribution is -0.193. The lowest BCUT2D eigenvalue weighted by Gasteiger charge is -2.15. The van der Waals surface area contributed by atoms with Gasteiger partial charge in [0, 0.05) is 31.4 Å². The molecule has 0 radical (unpaired) electrons. The van der Waals surface area contributed by atoms with Crippen molar-refractivity contribution in [3.05, 3.63) is 60.0 Å². The number of aliphatic carboxylic acids is 2. The van der Waals surface area contributed by atoms with Crippen LogP contribution >= 0.6 is 0 Å². The van der Waals surface area contributed by atoms with Gasteiger partial charge in [0.25, 0.3) is 5.91 Å². The number of amides is 1. The monoisotopic (exact) mass is 508 g/mol. The van der Waals surface area contributed by atoms with E-state index in [2.05, 4.69) is 15.2 Å². The Morgan fingerprint density at radius 1 is 0.914 bits per heavy atom. The summed E-state index contributed by atoms with van der Waals surface area (Å²) in [5.74, 6) is -5.58. The molecular weight excluding hydrogens is 490 g/mol. The minimum Gasteiger partial charge on any atom is -0.475 e. The van der Waals surface area contributed by atoms with Gasteiger partial charge < -0.3 is 15.1 Å². The van der Waals surface area contributed by atoms with Crippen LogP contribution in [0.25, 0.3) is 10.9 Å². The quantitative estimate of drug-likeness (QED) is 0.459. The van der Waals surface area contributed by atoms with Crippen molar-refractivity contribution in [1.29, 1.82) is 0 Å². The van der Waals surface area contributed by atoms with Crippen molar-refractivity contribution in [3.8, 4) is 0 Å². The number of nitrogens with zero attached hydrogens (tertiary/aromatic N) is 3. The molecule has 1 amide bonds. The first-order valence-electron chi connectivity index (χ1n) is 9.32. The normalized spacial score (nSPS) is 10.9. The minimum absolute atomic E-state index is 0.0680. The molecule has 3 rings (SSSR count). The van der Waals surface area contributed by atoms with Gasteiger partial charge in [-0.2, -0.15) is 31.4 Å². The molecule has 2 heterocycles. The molecule has 0 spiro atoms. The van der Waals surface area contributed by atoms with Gasteiger partial charge in [0.15, 0.2) is 5.69 Å². The van der Waals surface area contributed by atoms with Gasteiger partial charge in [-0.25, -0.2) is 9.59 Å². The molecule has 3 N–H and O–H groups in total. The van der Waals surface area contributed by atoms with E-state index in [0.717, 1.165) is 22.9 Å². The highest BCUT2D eigenvalue weighted by Crippen LogP contribution is 2.17. The lowest BCUT2D eigenvalue weighted by atomic mass is 10.1. The zero-order valence-corrected chi connectivity index (χ0v) is 17.8. The number of carbonyl (C=O) groups excluding carboxylic acids is 1. The lowest BCUT2D eigenvalue weighted by Crippen LogP contribution is -2.29. The fourth-order valence-electron chi connectivity index (χ4n) is 2.26. The highest BCUT2D eigenvalue weighted by Gasteiger charge is 2.38. The van der Waals surface area contributed by atoms with E-state index in [4.69, 9.17) is 19.8 Å². The van der Waals surface area contributed by atoms with Crippen LogP contribution < -0.4 is 0 Å². The molecular formula is C20H18F6N4O5. The summed E-state index contributed by atoms with van der Waals surface area (Å²) in [5.41, 5.74) is 2.52. The smallest absolute Gasteiger partial charge is 0.475 e. The van der Waals surface area contributed by atoms with Gasteiger partial charge in [-0.15, -0.1) is 0 Å². The molecule has 0 bridgehead atoms. The number of nitrogens with one attached hydrogen (secondary N) is 1. The highest BCUT2D eigenvalue weighted by atomic mass is 19.4. The fourth-order valence-corrected chi connectivity index (χ4v) is 2.26. The number of H-pyrrole nitrogens is 1. The Balaban J connectivity index is 0.000000362. The molecule has 0 aliphatic heterocycles. The van der Waals surface area contributed by atoms with E-state index in [1.807, 2.05) is 36.4 Å². The van der Waals surface area contributed by atoms with E-state index in [9.17, 15) is 31.1 Å². The molecule has 9 nitrogen and oxygen atoms in total. The van der Waals surface area contributed by atoms with Crippen LogP contribution in [0.15, 0.2) is 48.8 Å². The molecule has 35 heavy (non-hydrogen) atoms. The SMILES string of the molecule is CN(CCc1ccncc1)C(=O)c1n[nH]c2ccccc12.O=C(O)C(F)(F)F.O=C(O)C(F)(F)F. The van der Waals surface area contributed by atoms with Crippen LogP contribution in [0.1, 0.15) is 16.1 Å². The van der Waals surface area contributed by atoms with E-state index in [-0.39, 0.29) is 5.91 Å². The van der Waals surface area contributed by atoms with Gasteiger partial charge in [-0.05, 0) is 30.2 Å². The summed E-state index contributed by atoms with van der Waals surface area (Å²) in [6, 6.07) is 11.6. The van der Waals surface area contributed by atoms with E-state index in [1.165, 1.54) is 0 Å². The molecule has 0 fully saturated rings. The van der Waals surface area contributed by atoms with Crippen LogP contribution in [0.4, 0.5) is 26.3 Å². The zero-order valence-electron chi connectivity index (χ0n) is 17.8. The van der Waals surface area contributed by atoms with E-state index in [0.29, 0.717) is 12.2 Å². The minimum atomic E-state index is -5.08. The summed E-state index contributed by atoms with van der Waals surface area (Å²) in [4.78, 5) is 35.9. The van der Waals surface area contributed by atoms with Crippen molar-refractivity contribution in [3.63, 3.8) is 0 Å². The Labute approximate surface area is 193 Å². The second-order valence-corrected chi connectivity index (χ2v) is 6.56. The Bertz CT molecular complexity index is 1110. The first-order valence-corrected chi connectivity index (χ1v) is 9.32. The van der Waals surface area contributed by atoms with Crippen LogP contribution in [-0.2, 0) is 16.0 Å². The number of carboxylic acid groups (broad SMARTS) is 2. The zero-order chi connectivity index (χ0) is 26.8. The van der Waals surface area contributed by atoms with Gasteiger partial charge >= 0.3 is 24.3 Å². The van der Waals surface area contributed by atoms with Crippen LogP contribution in [-0.4, -0.2) is 74.1 Å². The third-order valence-electron chi connectivity index (χ3n) is 3.99. The Kier molecular flexibility index (Phi) is 10.2. The number of para-hydroxylation sites is 1. The van der Waals surface area contributed by atoms with Gasteiger partial charge in [-0.1, -0.05) is 18.2 Å². The number of hydrogen-bond acceptors (Lipinski definition) is 5. The Hall–Kier alpha value is -4.17. The van der Waals surface area contributed by atoms with Gasteiger partial charge in [0.05, 0.1) is 5.52 Å². The molecule has 0 atom stereocenters. The number of likely N-dealkylation sites (N-methyl/N-ethyl adjacent to an activating group) is 1. The predicted molar refractivity (Wildman–Crippen MR) is 108 cm³/mol. The van der Waals surface area contributed by atoms with Crippen LogP contribution in [0.2, 0.25) is 0 Å². The molecule has 0 unspecified atom stereocenters. The number of carbonyl (C=O) groups is 3. The van der Waals surface area contributed by atoms with Crippen molar-refractivity contribution in [2.24, 2.45) is 0 Å². The third-order valence-corrected chi connectivity index (χ3v) is 3.99. The van der Waals surface area contributed by atoms with Crippen molar-refractivity contribution < 1.29 is 50.9 Å². The number of aromatic nitrogens is 3. The van der Waals surface area contributed by atoms with Crippen LogP contribution in [0.3, 0.4) is 0 Å². The maximum Gasteiger partial charge on any atom is 0.490 e. The molecule has 2 aromatic heterocycles. The van der Waals surface area contributed by atoms with E-state index in [1.54, 1.807) is 24.3 Å². The van der Waals surface area contributed by atoms with Crippen molar-refractivity contribution in [2.45, 2.75) is 18.8 Å². The standard InChI is InChI=1S/C16H16N4O.2C2HF3O2/c1-20(11-8-12-6-9-17-10-7-12)16(21)15-13-4-2-3-5-14(13)18-19-15;2*3-2(4,5)1(6)7/h2-7,9-10H,8,11H2,1H3,(H,18,19);2*(H,6,7). The van der Waals surface area contributed by atoms with Gasteiger partial charge in [0.2, 0.25) is 0 Å². The van der Waals surface area contributed by atoms with Crippen molar-refractivity contribution in [1.82, 2.24) is 20.1 Å².